The van der Waals surface area contributed by atoms with Gasteiger partial charge in [0.15, 0.2) is 11.6 Å². The minimum atomic E-state index is -1.06. The van der Waals surface area contributed by atoms with Crippen molar-refractivity contribution in [3.05, 3.63) is 50.7 Å². The van der Waals surface area contributed by atoms with Gasteiger partial charge in [-0.2, -0.15) is 0 Å². The SMILES string of the molecule is CC(=O)c1ccc2c(c1)[C@H](C(=O)c1sccc1Cl)C(O)C(C)(C)O2. The monoisotopic (exact) mass is 364 g/mol. The standard InChI is InChI=1S/C18H17ClO4S/c1-9(20)10-4-5-13-11(8-10)14(17(22)18(2,3)23-13)15(21)16-12(19)6-7-24-16/h4-8,14,17,22H,1-3H3/t14-,17?/m1/s1. The van der Waals surface area contributed by atoms with Crippen LogP contribution in [-0.4, -0.2) is 28.4 Å². The Balaban J connectivity index is 2.16. The first-order chi connectivity index (χ1) is 11.2. The fourth-order valence-electron chi connectivity index (χ4n) is 2.91. The van der Waals surface area contributed by atoms with E-state index in [0.29, 0.717) is 26.8 Å². The Labute approximate surface area is 149 Å². The molecule has 126 valence electrons. The molecule has 0 spiro atoms. The van der Waals surface area contributed by atoms with Crippen molar-refractivity contribution < 1.29 is 19.4 Å². The third-order valence-electron chi connectivity index (χ3n) is 4.28. The van der Waals surface area contributed by atoms with Gasteiger partial charge >= 0.3 is 0 Å². The van der Waals surface area contributed by atoms with Gasteiger partial charge in [0.05, 0.1) is 15.8 Å². The number of rotatable bonds is 3. The number of ether oxygens (including phenoxy) is 1. The van der Waals surface area contributed by atoms with Crippen molar-refractivity contribution in [2.45, 2.75) is 38.4 Å². The summed E-state index contributed by atoms with van der Waals surface area (Å²) in [6.07, 6.45) is -1.06. The van der Waals surface area contributed by atoms with Gasteiger partial charge in [-0.15, -0.1) is 11.3 Å². The number of hydrogen-bond donors (Lipinski definition) is 1. The van der Waals surface area contributed by atoms with E-state index in [-0.39, 0.29) is 11.6 Å². The molecule has 0 radical (unpaired) electrons. The summed E-state index contributed by atoms with van der Waals surface area (Å²) < 4.78 is 5.85. The number of fused-ring (bicyclic) bond motifs is 1. The molecule has 6 heteroatoms. The predicted octanol–water partition coefficient (Wildman–Crippen LogP) is 4.10. The maximum atomic E-state index is 13.0. The van der Waals surface area contributed by atoms with Crippen LogP contribution in [0.3, 0.4) is 0 Å². The lowest BCUT2D eigenvalue weighted by Gasteiger charge is -2.41. The summed E-state index contributed by atoms with van der Waals surface area (Å²) in [5, 5.41) is 12.9. The van der Waals surface area contributed by atoms with E-state index in [1.165, 1.54) is 18.3 Å². The van der Waals surface area contributed by atoms with Crippen LogP contribution in [0.25, 0.3) is 0 Å². The Hall–Kier alpha value is -1.69. The largest absolute Gasteiger partial charge is 0.485 e. The number of aliphatic hydroxyl groups is 1. The summed E-state index contributed by atoms with van der Waals surface area (Å²) in [5.74, 6) is -0.709. The fraction of sp³-hybridized carbons (Fsp3) is 0.333. The van der Waals surface area contributed by atoms with Crippen LogP contribution in [0, 0.1) is 0 Å². The maximum Gasteiger partial charge on any atom is 0.184 e. The Kier molecular flexibility index (Phi) is 4.28. The van der Waals surface area contributed by atoms with Crippen molar-refractivity contribution in [3.63, 3.8) is 0 Å². The molecule has 0 saturated carbocycles. The number of ketones is 2. The van der Waals surface area contributed by atoms with E-state index in [4.69, 9.17) is 16.3 Å². The van der Waals surface area contributed by atoms with Crippen LogP contribution in [0.5, 0.6) is 5.75 Å². The molecule has 1 aliphatic rings. The molecule has 4 nitrogen and oxygen atoms in total. The lowest BCUT2D eigenvalue weighted by molar-refractivity contribution is -0.0523. The van der Waals surface area contributed by atoms with Crippen LogP contribution < -0.4 is 4.74 Å². The molecule has 1 aliphatic heterocycles. The third kappa shape index (κ3) is 2.77. The predicted molar refractivity (Wildman–Crippen MR) is 93.6 cm³/mol. The zero-order valence-electron chi connectivity index (χ0n) is 13.5. The molecular weight excluding hydrogens is 348 g/mol. The molecule has 0 bridgehead atoms. The zero-order chi connectivity index (χ0) is 17.6. The highest BCUT2D eigenvalue weighted by Crippen LogP contribution is 2.44. The Morgan fingerprint density at radius 2 is 2.00 bits per heavy atom. The molecule has 0 fully saturated rings. The molecule has 1 unspecified atom stereocenters. The van der Waals surface area contributed by atoms with Crippen LogP contribution >= 0.6 is 22.9 Å². The molecule has 1 aromatic heterocycles. The number of hydrogen-bond acceptors (Lipinski definition) is 5. The van der Waals surface area contributed by atoms with E-state index in [1.54, 1.807) is 43.5 Å². The van der Waals surface area contributed by atoms with Gasteiger partial charge in [-0.05, 0) is 50.4 Å². The van der Waals surface area contributed by atoms with E-state index < -0.39 is 17.6 Å². The molecule has 0 aliphatic carbocycles. The molecule has 0 amide bonds. The minimum absolute atomic E-state index is 0.113. The average Bonchev–Trinajstić information content (AvgIpc) is 2.93. The second kappa shape index (κ2) is 5.99. The van der Waals surface area contributed by atoms with Crippen molar-refractivity contribution in [2.75, 3.05) is 0 Å². The van der Waals surface area contributed by atoms with E-state index >= 15 is 0 Å². The first-order valence-electron chi connectivity index (χ1n) is 7.51. The Bertz CT molecular complexity index is 824. The number of thiophene rings is 1. The fourth-order valence-corrected chi connectivity index (χ4v) is 4.04. The summed E-state index contributed by atoms with van der Waals surface area (Å²) in [6, 6.07) is 6.62. The van der Waals surface area contributed by atoms with Gasteiger partial charge in [-0.3, -0.25) is 9.59 Å². The zero-order valence-corrected chi connectivity index (χ0v) is 15.1. The second-order valence-electron chi connectivity index (χ2n) is 6.40. The summed E-state index contributed by atoms with van der Waals surface area (Å²) in [5.41, 5.74) is 0.0535. The lowest BCUT2D eigenvalue weighted by atomic mass is 9.78. The van der Waals surface area contributed by atoms with Gasteiger partial charge < -0.3 is 9.84 Å². The van der Waals surface area contributed by atoms with Gasteiger partial charge in [-0.1, -0.05) is 11.6 Å². The summed E-state index contributed by atoms with van der Waals surface area (Å²) in [6.45, 7) is 4.92. The van der Waals surface area contributed by atoms with Crippen molar-refractivity contribution in [1.82, 2.24) is 0 Å². The van der Waals surface area contributed by atoms with Crippen LogP contribution in [0.15, 0.2) is 29.6 Å². The first kappa shape index (κ1) is 17.1. The highest BCUT2D eigenvalue weighted by atomic mass is 35.5. The molecule has 1 N–H and O–H groups in total. The van der Waals surface area contributed by atoms with E-state index in [9.17, 15) is 14.7 Å². The highest BCUT2D eigenvalue weighted by molar-refractivity contribution is 7.12. The number of aliphatic hydroxyl groups excluding tert-OH is 1. The van der Waals surface area contributed by atoms with Crippen molar-refractivity contribution in [3.8, 4) is 5.75 Å². The number of carbonyl (C=O) groups is 2. The van der Waals surface area contributed by atoms with Gasteiger partial charge in [0.2, 0.25) is 0 Å². The van der Waals surface area contributed by atoms with E-state index in [2.05, 4.69) is 0 Å². The van der Waals surface area contributed by atoms with Crippen molar-refractivity contribution >= 4 is 34.5 Å². The molecule has 3 rings (SSSR count). The van der Waals surface area contributed by atoms with Crippen LogP contribution in [0.4, 0.5) is 0 Å². The maximum absolute atomic E-state index is 13.0. The average molecular weight is 365 g/mol. The minimum Gasteiger partial charge on any atom is -0.485 e. The van der Waals surface area contributed by atoms with Gasteiger partial charge in [0.25, 0.3) is 0 Å². The quantitative estimate of drug-likeness (QED) is 0.833. The normalized spacial score (nSPS) is 21.7. The molecule has 24 heavy (non-hydrogen) atoms. The van der Waals surface area contributed by atoms with Gasteiger partial charge in [-0.25, -0.2) is 0 Å². The Morgan fingerprint density at radius 3 is 2.58 bits per heavy atom. The van der Waals surface area contributed by atoms with Crippen molar-refractivity contribution in [2.24, 2.45) is 0 Å². The summed E-state index contributed by atoms with van der Waals surface area (Å²) in [7, 11) is 0. The highest BCUT2D eigenvalue weighted by Gasteiger charge is 2.47. The number of carbonyl (C=O) groups excluding carboxylic acids is 2. The topological polar surface area (TPSA) is 63.6 Å². The Morgan fingerprint density at radius 1 is 1.29 bits per heavy atom. The first-order valence-corrected chi connectivity index (χ1v) is 8.77. The number of halogens is 1. The summed E-state index contributed by atoms with van der Waals surface area (Å²) >= 11 is 7.34. The number of Topliss-reactive ketones (excluding diaryl/α,β-unsaturated/α-hetero) is 2. The van der Waals surface area contributed by atoms with E-state index in [1.807, 2.05) is 0 Å². The van der Waals surface area contributed by atoms with Crippen LogP contribution in [0.1, 0.15) is 52.3 Å². The van der Waals surface area contributed by atoms with Crippen molar-refractivity contribution in [1.29, 1.82) is 0 Å². The van der Waals surface area contributed by atoms with E-state index in [0.717, 1.165) is 0 Å². The second-order valence-corrected chi connectivity index (χ2v) is 7.72. The summed E-state index contributed by atoms with van der Waals surface area (Å²) in [4.78, 5) is 25.1. The van der Waals surface area contributed by atoms with Crippen LogP contribution in [-0.2, 0) is 0 Å². The lowest BCUT2D eigenvalue weighted by Crippen LogP contribution is -2.50. The third-order valence-corrected chi connectivity index (χ3v) is 5.63. The number of benzene rings is 1. The van der Waals surface area contributed by atoms with Gasteiger partial charge in [0.1, 0.15) is 17.5 Å². The molecule has 0 saturated heterocycles. The molecule has 2 heterocycles. The molecular formula is C18H17ClO4S. The molecule has 2 aromatic rings. The molecule has 2 atom stereocenters. The van der Waals surface area contributed by atoms with Gasteiger partial charge in [0, 0.05) is 11.1 Å². The van der Waals surface area contributed by atoms with Crippen LogP contribution in [0.2, 0.25) is 5.02 Å². The molecule has 1 aromatic carbocycles. The smallest absolute Gasteiger partial charge is 0.184 e.